The second-order valence-corrected chi connectivity index (χ2v) is 10.9. The molecular formula is C23H33NO2S. The number of rotatable bonds is 2. The minimum Gasteiger partial charge on any atom is -0.480 e. The Labute approximate surface area is 167 Å². The highest BCUT2D eigenvalue weighted by molar-refractivity contribution is 7.09. The Balaban J connectivity index is 1.45. The second kappa shape index (κ2) is 6.32. The van der Waals surface area contributed by atoms with Crippen molar-refractivity contribution in [2.24, 2.45) is 28.6 Å². The fraction of sp³-hybridized carbons (Fsp3) is 0.783. The first-order chi connectivity index (χ1) is 13.0. The zero-order valence-electron chi connectivity index (χ0n) is 16.9. The molecule has 0 radical (unpaired) electrons. The lowest BCUT2D eigenvalue weighted by Crippen LogP contribution is -2.50. The zero-order valence-corrected chi connectivity index (χ0v) is 17.7. The Bertz CT molecular complexity index is 757. The number of nitrogens with zero attached hydrogens (tertiary/aromatic N) is 1. The molecule has 5 rings (SSSR count). The molecule has 4 aliphatic rings. The Morgan fingerprint density at radius 3 is 2.78 bits per heavy atom. The van der Waals surface area contributed by atoms with Crippen LogP contribution in [-0.2, 0) is 0 Å². The molecule has 4 aliphatic carbocycles. The average molecular weight is 388 g/mol. The Kier molecular flexibility index (Phi) is 4.25. The molecule has 0 aliphatic heterocycles. The molecule has 3 nitrogen and oxygen atoms in total. The van der Waals surface area contributed by atoms with Crippen molar-refractivity contribution >= 4 is 11.3 Å². The van der Waals surface area contributed by atoms with Gasteiger partial charge in [-0.25, -0.2) is 4.98 Å². The Morgan fingerprint density at radius 1 is 1.15 bits per heavy atom. The van der Waals surface area contributed by atoms with Crippen LogP contribution in [0, 0.1) is 28.6 Å². The van der Waals surface area contributed by atoms with Crippen molar-refractivity contribution < 1.29 is 9.84 Å². The van der Waals surface area contributed by atoms with E-state index in [-0.39, 0.29) is 6.10 Å². The van der Waals surface area contributed by atoms with Gasteiger partial charge in [0.05, 0.1) is 18.6 Å². The molecule has 0 bridgehead atoms. The Hall–Kier alpha value is -0.870. The standard InChI is InChI=1S/C23H33NO2S/c1-22-10-8-15(25)12-14(22)4-5-16-17-6-7-19(21-24-20(26-3)13-27-21)23(17,2)11-9-18(16)22/h4,13,15-19,25H,5-12H2,1-3H3/t15?,16-,17-,18-,19?,22-,23-/m0/s1. The lowest BCUT2D eigenvalue weighted by molar-refractivity contribution is -0.0409. The highest BCUT2D eigenvalue weighted by atomic mass is 32.1. The minimum atomic E-state index is -0.106. The van der Waals surface area contributed by atoms with Gasteiger partial charge in [-0.15, -0.1) is 11.3 Å². The number of thiazole rings is 1. The van der Waals surface area contributed by atoms with Crippen molar-refractivity contribution in [1.29, 1.82) is 0 Å². The molecule has 1 aromatic heterocycles. The quantitative estimate of drug-likeness (QED) is 0.676. The van der Waals surface area contributed by atoms with E-state index >= 15 is 0 Å². The van der Waals surface area contributed by atoms with E-state index in [1.165, 1.54) is 43.5 Å². The average Bonchev–Trinajstić information content (AvgIpc) is 3.25. The smallest absolute Gasteiger partial charge is 0.224 e. The molecule has 1 N–H and O–H groups in total. The van der Waals surface area contributed by atoms with Gasteiger partial charge in [-0.2, -0.15) is 0 Å². The van der Waals surface area contributed by atoms with Crippen LogP contribution < -0.4 is 4.74 Å². The van der Waals surface area contributed by atoms with E-state index in [0.717, 1.165) is 36.5 Å². The number of fused-ring (bicyclic) bond motifs is 5. The number of aliphatic hydroxyl groups is 1. The number of aliphatic hydroxyl groups excluding tert-OH is 1. The summed E-state index contributed by atoms with van der Waals surface area (Å²) in [6.45, 7) is 5.08. The highest BCUT2D eigenvalue weighted by Crippen LogP contribution is 2.68. The summed E-state index contributed by atoms with van der Waals surface area (Å²) in [5.74, 6) is 3.84. The van der Waals surface area contributed by atoms with E-state index in [9.17, 15) is 5.11 Å². The predicted molar refractivity (Wildman–Crippen MR) is 109 cm³/mol. The van der Waals surface area contributed by atoms with Gasteiger partial charge in [0.1, 0.15) is 5.01 Å². The molecule has 7 atom stereocenters. The number of hydrogen-bond donors (Lipinski definition) is 1. The van der Waals surface area contributed by atoms with Crippen LogP contribution >= 0.6 is 11.3 Å². The molecular weight excluding hydrogens is 354 g/mol. The number of methoxy groups -OCH3 is 1. The lowest BCUT2D eigenvalue weighted by atomic mass is 9.47. The van der Waals surface area contributed by atoms with Crippen LogP contribution in [0.1, 0.15) is 76.1 Å². The maximum atomic E-state index is 10.2. The van der Waals surface area contributed by atoms with Gasteiger partial charge in [-0.1, -0.05) is 25.5 Å². The largest absolute Gasteiger partial charge is 0.480 e. The van der Waals surface area contributed by atoms with Crippen LogP contribution in [0.2, 0.25) is 0 Å². The molecule has 0 saturated heterocycles. The van der Waals surface area contributed by atoms with Crippen LogP contribution in [0.15, 0.2) is 17.0 Å². The molecule has 148 valence electrons. The molecule has 0 amide bonds. The summed E-state index contributed by atoms with van der Waals surface area (Å²) in [6, 6.07) is 0. The first-order valence-electron chi connectivity index (χ1n) is 10.8. The minimum absolute atomic E-state index is 0.106. The van der Waals surface area contributed by atoms with E-state index in [1.807, 2.05) is 0 Å². The topological polar surface area (TPSA) is 42.4 Å². The molecule has 1 aromatic rings. The summed E-state index contributed by atoms with van der Waals surface area (Å²) in [7, 11) is 1.72. The van der Waals surface area contributed by atoms with E-state index < -0.39 is 0 Å². The first kappa shape index (κ1) is 18.2. The molecule has 27 heavy (non-hydrogen) atoms. The number of allylic oxidation sites excluding steroid dienone is 1. The summed E-state index contributed by atoms with van der Waals surface area (Å²) in [6.07, 6.45) is 12.1. The molecule has 0 aromatic carbocycles. The van der Waals surface area contributed by atoms with Crippen molar-refractivity contribution in [1.82, 2.24) is 4.98 Å². The van der Waals surface area contributed by atoms with Gasteiger partial charge in [0, 0.05) is 5.92 Å². The van der Waals surface area contributed by atoms with E-state index in [1.54, 1.807) is 24.0 Å². The summed E-state index contributed by atoms with van der Waals surface area (Å²) in [5, 5.41) is 13.5. The summed E-state index contributed by atoms with van der Waals surface area (Å²) >= 11 is 1.80. The van der Waals surface area contributed by atoms with E-state index in [4.69, 9.17) is 9.72 Å². The fourth-order valence-corrected chi connectivity index (χ4v) is 8.64. The van der Waals surface area contributed by atoms with Gasteiger partial charge in [-0.3, -0.25) is 0 Å². The van der Waals surface area contributed by atoms with Gasteiger partial charge < -0.3 is 9.84 Å². The fourth-order valence-electron chi connectivity index (χ4n) is 7.57. The van der Waals surface area contributed by atoms with Crippen molar-refractivity contribution in [3.63, 3.8) is 0 Å². The third-order valence-corrected chi connectivity index (χ3v) is 10.0. The molecule has 0 spiro atoms. The monoisotopic (exact) mass is 387 g/mol. The highest BCUT2D eigenvalue weighted by Gasteiger charge is 2.59. The third kappa shape index (κ3) is 2.58. The van der Waals surface area contributed by atoms with Gasteiger partial charge in [0.2, 0.25) is 5.88 Å². The van der Waals surface area contributed by atoms with Gasteiger partial charge in [0.15, 0.2) is 0 Å². The van der Waals surface area contributed by atoms with Crippen molar-refractivity contribution in [3.8, 4) is 5.88 Å². The predicted octanol–water partition coefficient (Wildman–Crippen LogP) is 5.56. The van der Waals surface area contributed by atoms with E-state index in [2.05, 4.69) is 25.3 Å². The second-order valence-electron chi connectivity index (χ2n) is 10.1. The Morgan fingerprint density at radius 2 is 2.00 bits per heavy atom. The van der Waals surface area contributed by atoms with Crippen LogP contribution in [-0.4, -0.2) is 23.3 Å². The molecule has 3 saturated carbocycles. The van der Waals surface area contributed by atoms with Crippen LogP contribution in [0.3, 0.4) is 0 Å². The molecule has 4 heteroatoms. The van der Waals surface area contributed by atoms with Crippen molar-refractivity contribution in [2.45, 2.75) is 77.2 Å². The first-order valence-corrected chi connectivity index (χ1v) is 11.7. The SMILES string of the molecule is COc1csc(C2CC[C@H]3[C@@H]4CC=C5CC(O)CC[C@]5(C)[C@H]4CC[C@]23C)n1. The molecule has 1 heterocycles. The maximum absolute atomic E-state index is 10.2. The number of ether oxygens (including phenoxy) is 1. The summed E-state index contributed by atoms with van der Waals surface area (Å²) in [5.41, 5.74) is 2.30. The van der Waals surface area contributed by atoms with Crippen LogP contribution in [0.25, 0.3) is 0 Å². The normalized spacial score (nSPS) is 46.2. The van der Waals surface area contributed by atoms with Gasteiger partial charge in [0.25, 0.3) is 0 Å². The lowest BCUT2D eigenvalue weighted by Gasteiger charge is -2.58. The maximum Gasteiger partial charge on any atom is 0.224 e. The van der Waals surface area contributed by atoms with Crippen LogP contribution in [0.4, 0.5) is 0 Å². The summed E-state index contributed by atoms with van der Waals surface area (Å²) < 4.78 is 5.36. The molecule has 3 fully saturated rings. The van der Waals surface area contributed by atoms with Crippen molar-refractivity contribution in [2.75, 3.05) is 7.11 Å². The number of hydrogen-bond acceptors (Lipinski definition) is 4. The van der Waals surface area contributed by atoms with Crippen LogP contribution in [0.5, 0.6) is 5.88 Å². The zero-order chi connectivity index (χ0) is 18.8. The third-order valence-electron chi connectivity index (χ3n) is 9.09. The van der Waals surface area contributed by atoms with Gasteiger partial charge >= 0.3 is 0 Å². The van der Waals surface area contributed by atoms with E-state index in [0.29, 0.717) is 16.7 Å². The van der Waals surface area contributed by atoms with Gasteiger partial charge in [-0.05, 0) is 80.0 Å². The number of aromatic nitrogens is 1. The van der Waals surface area contributed by atoms with Crippen molar-refractivity contribution in [3.05, 3.63) is 22.0 Å². The summed E-state index contributed by atoms with van der Waals surface area (Å²) in [4.78, 5) is 4.80. The molecule has 2 unspecified atom stereocenters.